The van der Waals surface area contributed by atoms with Crippen molar-refractivity contribution in [3.8, 4) is 6.19 Å². The highest BCUT2D eigenvalue weighted by atomic mass is 19.4. The van der Waals surface area contributed by atoms with E-state index in [1.807, 2.05) is 0 Å². The van der Waals surface area contributed by atoms with Crippen LogP contribution in [0.2, 0.25) is 0 Å². The van der Waals surface area contributed by atoms with Crippen LogP contribution in [-0.2, 0) is 9.68 Å². The molecule has 0 atom stereocenters. The lowest BCUT2D eigenvalue weighted by Gasteiger charge is -2.17. The van der Waals surface area contributed by atoms with Crippen LogP contribution in [0, 0.1) is 11.5 Å². The van der Waals surface area contributed by atoms with Crippen LogP contribution < -0.4 is 0 Å². The van der Waals surface area contributed by atoms with Gasteiger partial charge >= 0.3 is 6.36 Å². The standard InChI is InChI=1S/C5H7F3N2O2/c1-4(2)11-10(3-9)12-5(6,7)8/h4H,1-2H3. The molecule has 0 aromatic rings. The molecule has 0 saturated heterocycles. The molecule has 0 aliphatic heterocycles. The zero-order chi connectivity index (χ0) is 9.78. The minimum atomic E-state index is -4.91. The van der Waals surface area contributed by atoms with E-state index in [2.05, 4.69) is 9.68 Å². The number of hydrogen-bond acceptors (Lipinski definition) is 4. The normalized spacial score (nSPS) is 11.4. The molecule has 0 aliphatic rings. The zero-order valence-corrected chi connectivity index (χ0v) is 6.42. The molecule has 0 radical (unpaired) electrons. The lowest BCUT2D eigenvalue weighted by atomic mass is 10.5. The van der Waals surface area contributed by atoms with Gasteiger partial charge in [0.25, 0.3) is 0 Å². The van der Waals surface area contributed by atoms with Crippen LogP contribution >= 0.6 is 0 Å². The highest BCUT2D eigenvalue weighted by Gasteiger charge is 2.34. The Morgan fingerprint density at radius 1 is 1.42 bits per heavy atom. The van der Waals surface area contributed by atoms with Crippen LogP contribution in [0.3, 0.4) is 0 Å². The molecular formula is C5H7F3N2O2. The average Bonchev–Trinajstić information content (AvgIpc) is 1.82. The quantitative estimate of drug-likeness (QED) is 0.379. The van der Waals surface area contributed by atoms with E-state index in [4.69, 9.17) is 5.26 Å². The van der Waals surface area contributed by atoms with E-state index in [1.54, 1.807) is 0 Å². The van der Waals surface area contributed by atoms with Gasteiger partial charge in [-0.1, -0.05) is 0 Å². The fraction of sp³-hybridized carbons (Fsp3) is 0.800. The smallest absolute Gasteiger partial charge is 0.236 e. The molecule has 0 aromatic carbocycles. The Balaban J connectivity index is 3.95. The summed E-state index contributed by atoms with van der Waals surface area (Å²) in [7, 11) is 0. The average molecular weight is 184 g/mol. The molecule has 0 rings (SSSR count). The van der Waals surface area contributed by atoms with E-state index in [-0.39, 0.29) is 5.23 Å². The fourth-order valence-electron chi connectivity index (χ4n) is 0.351. The molecule has 0 N–H and O–H groups in total. The van der Waals surface area contributed by atoms with E-state index >= 15 is 0 Å². The number of rotatable bonds is 3. The second-order valence-corrected chi connectivity index (χ2v) is 2.05. The monoisotopic (exact) mass is 184 g/mol. The molecule has 12 heavy (non-hydrogen) atoms. The first-order valence-electron chi connectivity index (χ1n) is 2.97. The van der Waals surface area contributed by atoms with Gasteiger partial charge in [-0.25, -0.2) is 4.84 Å². The van der Waals surface area contributed by atoms with Gasteiger partial charge in [0.15, 0.2) is 0 Å². The molecule has 70 valence electrons. The second-order valence-electron chi connectivity index (χ2n) is 2.05. The maximum Gasteiger partial charge on any atom is 0.546 e. The summed E-state index contributed by atoms with van der Waals surface area (Å²) >= 11 is 0. The van der Waals surface area contributed by atoms with E-state index in [0.717, 1.165) is 6.19 Å². The van der Waals surface area contributed by atoms with Gasteiger partial charge in [-0.2, -0.15) is 5.26 Å². The minimum absolute atomic E-state index is 0.287. The van der Waals surface area contributed by atoms with Gasteiger partial charge in [0, 0.05) is 0 Å². The molecule has 4 nitrogen and oxygen atoms in total. The van der Waals surface area contributed by atoms with E-state index in [1.165, 1.54) is 13.8 Å². The van der Waals surface area contributed by atoms with Crippen molar-refractivity contribution in [2.45, 2.75) is 26.3 Å². The Bertz CT molecular complexity index is 175. The van der Waals surface area contributed by atoms with Crippen molar-refractivity contribution in [3.63, 3.8) is 0 Å². The third kappa shape index (κ3) is 5.76. The predicted octanol–water partition coefficient (Wildman–Crippen LogP) is 1.56. The topological polar surface area (TPSA) is 45.5 Å². The molecule has 0 aliphatic carbocycles. The van der Waals surface area contributed by atoms with Crippen molar-refractivity contribution in [2.75, 3.05) is 0 Å². The van der Waals surface area contributed by atoms with Crippen LogP contribution in [0.25, 0.3) is 0 Å². The SMILES string of the molecule is CC(C)ON(C#N)OC(F)(F)F. The Hall–Kier alpha value is -1.00. The van der Waals surface area contributed by atoms with Crippen LogP contribution in [-0.4, -0.2) is 17.7 Å². The lowest BCUT2D eigenvalue weighted by Crippen LogP contribution is -2.30. The van der Waals surface area contributed by atoms with Crippen LogP contribution in [0.4, 0.5) is 13.2 Å². The van der Waals surface area contributed by atoms with E-state index < -0.39 is 12.5 Å². The van der Waals surface area contributed by atoms with Gasteiger partial charge in [-0.15, -0.1) is 18.0 Å². The molecular weight excluding hydrogens is 177 g/mol. The number of hydroxylamine groups is 2. The first-order valence-corrected chi connectivity index (χ1v) is 2.97. The third-order valence-corrected chi connectivity index (χ3v) is 0.575. The summed E-state index contributed by atoms with van der Waals surface area (Å²) in [6, 6.07) is 0. The van der Waals surface area contributed by atoms with Crippen molar-refractivity contribution in [2.24, 2.45) is 0 Å². The highest BCUT2D eigenvalue weighted by molar-refractivity contribution is 4.55. The summed E-state index contributed by atoms with van der Waals surface area (Å²) in [5.41, 5.74) is 0. The van der Waals surface area contributed by atoms with Crippen molar-refractivity contribution in [1.29, 1.82) is 5.26 Å². The third-order valence-electron chi connectivity index (χ3n) is 0.575. The Kier molecular flexibility index (Phi) is 3.79. The van der Waals surface area contributed by atoms with Crippen LogP contribution in [0.1, 0.15) is 13.8 Å². The van der Waals surface area contributed by atoms with Crippen molar-refractivity contribution in [3.05, 3.63) is 0 Å². The minimum Gasteiger partial charge on any atom is -0.236 e. The number of nitriles is 1. The molecule has 0 amide bonds. The molecule has 0 aromatic heterocycles. The summed E-state index contributed by atoms with van der Waals surface area (Å²) in [5, 5.41) is 7.78. The summed E-state index contributed by atoms with van der Waals surface area (Å²) in [6.45, 7) is 2.92. The van der Waals surface area contributed by atoms with Crippen LogP contribution in [0.15, 0.2) is 0 Å². The maximum atomic E-state index is 11.4. The molecule has 0 unspecified atom stereocenters. The first kappa shape index (κ1) is 11.0. The number of hydrogen-bond donors (Lipinski definition) is 0. The number of halogens is 3. The first-order chi connectivity index (χ1) is 5.35. The molecule has 0 bridgehead atoms. The van der Waals surface area contributed by atoms with Gasteiger partial charge in [-0.3, -0.25) is 0 Å². The van der Waals surface area contributed by atoms with Crippen molar-refractivity contribution >= 4 is 0 Å². The van der Waals surface area contributed by atoms with E-state index in [0.29, 0.717) is 0 Å². The Labute approximate surface area is 67.0 Å². The molecule has 7 heteroatoms. The largest absolute Gasteiger partial charge is 0.546 e. The molecule has 0 heterocycles. The summed E-state index contributed by atoms with van der Waals surface area (Å²) in [4.78, 5) is 7.45. The molecule has 0 fully saturated rings. The van der Waals surface area contributed by atoms with Crippen LogP contribution in [0.5, 0.6) is 0 Å². The highest BCUT2D eigenvalue weighted by Crippen LogP contribution is 2.18. The van der Waals surface area contributed by atoms with Gasteiger partial charge in [0.1, 0.15) is 0 Å². The van der Waals surface area contributed by atoms with E-state index in [9.17, 15) is 13.2 Å². The Morgan fingerprint density at radius 2 is 1.92 bits per heavy atom. The Morgan fingerprint density at radius 3 is 2.17 bits per heavy atom. The fourth-order valence-corrected chi connectivity index (χ4v) is 0.351. The van der Waals surface area contributed by atoms with Gasteiger partial charge < -0.3 is 0 Å². The van der Waals surface area contributed by atoms with Gasteiger partial charge in [0.2, 0.25) is 6.19 Å². The lowest BCUT2D eigenvalue weighted by molar-refractivity contribution is -0.480. The molecule has 0 spiro atoms. The summed E-state index contributed by atoms with van der Waals surface area (Å²) in [5.74, 6) is 0. The summed E-state index contributed by atoms with van der Waals surface area (Å²) in [6.07, 6.45) is -4.42. The van der Waals surface area contributed by atoms with Gasteiger partial charge in [0.05, 0.1) is 6.10 Å². The maximum absolute atomic E-state index is 11.4. The number of alkyl halides is 3. The van der Waals surface area contributed by atoms with Gasteiger partial charge in [-0.05, 0) is 19.1 Å². The second kappa shape index (κ2) is 4.13. The zero-order valence-electron chi connectivity index (χ0n) is 6.42. The molecule has 0 saturated carbocycles. The number of nitrogens with zero attached hydrogens (tertiary/aromatic N) is 2. The predicted molar refractivity (Wildman–Crippen MR) is 30.8 cm³/mol. The summed E-state index contributed by atoms with van der Waals surface area (Å²) < 4.78 is 34.3. The van der Waals surface area contributed by atoms with Crippen molar-refractivity contribution in [1.82, 2.24) is 5.23 Å². The van der Waals surface area contributed by atoms with Crippen molar-refractivity contribution < 1.29 is 22.8 Å².